The third-order valence-electron chi connectivity index (χ3n) is 3.20. The smallest absolute Gasteiger partial charge is 0.253 e. The molecule has 112 valence electrons. The summed E-state index contributed by atoms with van der Waals surface area (Å²) in [5.41, 5.74) is 3.25. The second kappa shape index (κ2) is 8.23. The van der Waals surface area contributed by atoms with Gasteiger partial charge in [-0.15, -0.1) is 0 Å². The number of nitrogens with zero attached hydrogens (tertiary/aromatic N) is 2. The molecule has 0 atom stereocenters. The molecule has 4 heteroatoms. The van der Waals surface area contributed by atoms with Crippen LogP contribution in [0, 0.1) is 11.3 Å². The third kappa shape index (κ3) is 4.17. The van der Waals surface area contributed by atoms with Gasteiger partial charge < -0.3 is 10.2 Å². The monoisotopic (exact) mass is 285 g/mol. The number of amides is 1. The van der Waals surface area contributed by atoms with Crippen molar-refractivity contribution in [1.82, 2.24) is 10.2 Å². The fourth-order valence-electron chi connectivity index (χ4n) is 2.18. The van der Waals surface area contributed by atoms with E-state index in [1.54, 1.807) is 26.2 Å². The van der Waals surface area contributed by atoms with E-state index >= 15 is 0 Å². The van der Waals surface area contributed by atoms with Crippen molar-refractivity contribution in [1.29, 1.82) is 5.26 Å². The molecule has 0 saturated heterocycles. The highest BCUT2D eigenvalue weighted by molar-refractivity contribution is 5.95. The van der Waals surface area contributed by atoms with E-state index in [1.165, 1.54) is 10.5 Å². The van der Waals surface area contributed by atoms with Gasteiger partial charge in [-0.1, -0.05) is 26.0 Å². The van der Waals surface area contributed by atoms with Gasteiger partial charge in [0.15, 0.2) is 0 Å². The maximum atomic E-state index is 11.9. The summed E-state index contributed by atoms with van der Waals surface area (Å²) in [5.74, 6) is -0.0812. The molecule has 21 heavy (non-hydrogen) atoms. The Kier molecular flexibility index (Phi) is 6.64. The summed E-state index contributed by atoms with van der Waals surface area (Å²) in [4.78, 5) is 13.4. The molecule has 0 aliphatic carbocycles. The van der Waals surface area contributed by atoms with E-state index in [2.05, 4.69) is 17.5 Å². The standard InChI is InChI=1S/C15H17N3O.C2H6/c1-18(2)15(19)12-3-4-14(13(9-12)10-16)11-5-7-17-8-6-11;1-2/h3-5,9,17H,6-8H2,1-2H3;1-2H3. The fourth-order valence-corrected chi connectivity index (χ4v) is 2.18. The number of benzene rings is 1. The Labute approximate surface area is 127 Å². The molecule has 1 aliphatic heterocycles. The highest BCUT2D eigenvalue weighted by atomic mass is 16.2. The first kappa shape index (κ1) is 16.9. The Morgan fingerprint density at radius 1 is 1.33 bits per heavy atom. The van der Waals surface area contributed by atoms with Gasteiger partial charge in [0.2, 0.25) is 0 Å². The summed E-state index contributed by atoms with van der Waals surface area (Å²) in [7, 11) is 3.41. The minimum absolute atomic E-state index is 0.0812. The largest absolute Gasteiger partial charge is 0.345 e. The molecule has 0 bridgehead atoms. The number of rotatable bonds is 2. The van der Waals surface area contributed by atoms with Crippen molar-refractivity contribution in [2.45, 2.75) is 20.3 Å². The predicted molar refractivity (Wildman–Crippen MR) is 86.0 cm³/mol. The van der Waals surface area contributed by atoms with Crippen LogP contribution in [0.4, 0.5) is 0 Å². The number of nitrogens with one attached hydrogen (secondary N) is 1. The normalized spacial score (nSPS) is 13.4. The lowest BCUT2D eigenvalue weighted by molar-refractivity contribution is 0.0827. The molecule has 0 unspecified atom stereocenters. The fraction of sp³-hybridized carbons (Fsp3) is 0.412. The van der Waals surface area contributed by atoms with E-state index in [9.17, 15) is 10.1 Å². The van der Waals surface area contributed by atoms with E-state index < -0.39 is 0 Å². The van der Waals surface area contributed by atoms with Crippen LogP contribution < -0.4 is 5.32 Å². The molecule has 4 nitrogen and oxygen atoms in total. The van der Waals surface area contributed by atoms with Gasteiger partial charge in [-0.2, -0.15) is 5.26 Å². The Morgan fingerprint density at radius 3 is 2.57 bits per heavy atom. The van der Waals surface area contributed by atoms with Crippen LogP contribution in [-0.4, -0.2) is 38.0 Å². The Balaban J connectivity index is 0.00000106. The van der Waals surface area contributed by atoms with Crippen LogP contribution in [0.3, 0.4) is 0 Å². The highest BCUT2D eigenvalue weighted by Gasteiger charge is 2.14. The molecule has 0 spiro atoms. The van der Waals surface area contributed by atoms with Crippen molar-refractivity contribution in [3.63, 3.8) is 0 Å². The topological polar surface area (TPSA) is 56.1 Å². The molecule has 0 fully saturated rings. The molecule has 0 aromatic heterocycles. The molecule has 2 rings (SSSR count). The van der Waals surface area contributed by atoms with Gasteiger partial charge in [0, 0.05) is 26.2 Å². The Hall–Kier alpha value is -2.12. The van der Waals surface area contributed by atoms with E-state index in [4.69, 9.17) is 0 Å². The lowest BCUT2D eigenvalue weighted by Crippen LogP contribution is -2.22. The van der Waals surface area contributed by atoms with E-state index in [1.807, 2.05) is 19.9 Å². The van der Waals surface area contributed by atoms with Crippen molar-refractivity contribution in [3.8, 4) is 6.07 Å². The first-order valence-corrected chi connectivity index (χ1v) is 7.29. The summed E-state index contributed by atoms with van der Waals surface area (Å²) in [6.07, 6.45) is 3.02. The average molecular weight is 285 g/mol. The molecule has 0 saturated carbocycles. The maximum Gasteiger partial charge on any atom is 0.253 e. The zero-order chi connectivity index (χ0) is 15.8. The lowest BCUT2D eigenvalue weighted by Gasteiger charge is -2.16. The van der Waals surface area contributed by atoms with Crippen molar-refractivity contribution in [2.24, 2.45) is 0 Å². The molecule has 1 heterocycles. The third-order valence-corrected chi connectivity index (χ3v) is 3.20. The van der Waals surface area contributed by atoms with Crippen LogP contribution in [0.25, 0.3) is 5.57 Å². The van der Waals surface area contributed by atoms with Crippen molar-refractivity contribution < 1.29 is 4.79 Å². The Morgan fingerprint density at radius 2 is 2.05 bits per heavy atom. The number of carbonyl (C=O) groups excluding carboxylic acids is 1. The lowest BCUT2D eigenvalue weighted by atomic mass is 9.94. The summed E-state index contributed by atoms with van der Waals surface area (Å²) in [5, 5.41) is 12.5. The molecule has 1 aliphatic rings. The first-order valence-electron chi connectivity index (χ1n) is 7.29. The van der Waals surface area contributed by atoms with Crippen LogP contribution in [0.5, 0.6) is 0 Å². The molecular weight excluding hydrogens is 262 g/mol. The molecule has 1 amide bonds. The van der Waals surface area contributed by atoms with Crippen molar-refractivity contribution in [3.05, 3.63) is 41.0 Å². The van der Waals surface area contributed by atoms with Crippen LogP contribution in [0.2, 0.25) is 0 Å². The van der Waals surface area contributed by atoms with Crippen molar-refractivity contribution >= 4 is 11.5 Å². The minimum atomic E-state index is -0.0812. The Bertz CT molecular complexity index is 568. The summed E-state index contributed by atoms with van der Waals surface area (Å²) in [6, 6.07) is 7.55. The number of hydrogen-bond acceptors (Lipinski definition) is 3. The second-order valence-corrected chi connectivity index (χ2v) is 4.76. The molecule has 1 N–H and O–H groups in total. The minimum Gasteiger partial charge on any atom is -0.345 e. The van der Waals surface area contributed by atoms with Crippen LogP contribution in [-0.2, 0) is 0 Å². The van der Waals surface area contributed by atoms with Gasteiger partial charge in [-0.05, 0) is 36.2 Å². The van der Waals surface area contributed by atoms with Gasteiger partial charge in [0.05, 0.1) is 11.6 Å². The zero-order valence-corrected chi connectivity index (χ0v) is 13.2. The maximum absolute atomic E-state index is 11.9. The second-order valence-electron chi connectivity index (χ2n) is 4.76. The summed E-state index contributed by atoms with van der Waals surface area (Å²) in [6.45, 7) is 5.76. The SMILES string of the molecule is CC.CN(C)C(=O)c1ccc(C2=CCNCC2)c(C#N)c1. The van der Waals surface area contributed by atoms with Crippen LogP contribution >= 0.6 is 0 Å². The average Bonchev–Trinajstić information content (AvgIpc) is 2.56. The van der Waals surface area contributed by atoms with E-state index in [0.29, 0.717) is 11.1 Å². The van der Waals surface area contributed by atoms with Crippen LogP contribution in [0.1, 0.15) is 41.8 Å². The van der Waals surface area contributed by atoms with Gasteiger partial charge in [0.25, 0.3) is 5.91 Å². The van der Waals surface area contributed by atoms with Crippen molar-refractivity contribution in [2.75, 3.05) is 27.2 Å². The molecule has 1 aromatic carbocycles. The quantitative estimate of drug-likeness (QED) is 0.909. The van der Waals surface area contributed by atoms with Gasteiger partial charge in [0.1, 0.15) is 0 Å². The molecule has 1 aromatic rings. The highest BCUT2D eigenvalue weighted by Crippen LogP contribution is 2.24. The number of hydrogen-bond donors (Lipinski definition) is 1. The van der Waals surface area contributed by atoms with Gasteiger partial charge in [-0.3, -0.25) is 4.79 Å². The van der Waals surface area contributed by atoms with Gasteiger partial charge >= 0.3 is 0 Å². The summed E-state index contributed by atoms with van der Waals surface area (Å²) < 4.78 is 0. The molecular formula is C17H23N3O. The number of nitriles is 1. The van der Waals surface area contributed by atoms with Gasteiger partial charge in [-0.25, -0.2) is 0 Å². The van der Waals surface area contributed by atoms with Crippen LogP contribution in [0.15, 0.2) is 24.3 Å². The summed E-state index contributed by atoms with van der Waals surface area (Å²) >= 11 is 0. The predicted octanol–water partition coefficient (Wildman–Crippen LogP) is 2.66. The van der Waals surface area contributed by atoms with E-state index in [0.717, 1.165) is 25.1 Å². The number of carbonyl (C=O) groups is 1. The first-order chi connectivity index (χ1) is 10.1. The zero-order valence-electron chi connectivity index (χ0n) is 13.2. The molecule has 0 radical (unpaired) electrons. The van der Waals surface area contributed by atoms with E-state index in [-0.39, 0.29) is 5.91 Å².